The molecule has 2 heterocycles. The zero-order chi connectivity index (χ0) is 18.2. The summed E-state index contributed by atoms with van der Waals surface area (Å²) in [7, 11) is 0. The van der Waals surface area contributed by atoms with Crippen molar-refractivity contribution in [1.82, 2.24) is 9.88 Å². The van der Waals surface area contributed by atoms with Gasteiger partial charge in [0.25, 0.3) is 5.91 Å². The van der Waals surface area contributed by atoms with E-state index in [0.29, 0.717) is 5.82 Å². The van der Waals surface area contributed by atoms with Crippen LogP contribution in [0.1, 0.15) is 26.3 Å². The molecule has 1 aliphatic rings. The standard InChI is InChI=1S/C16H12F3N3O3/c17-16(18,19)10-5-6-13(20-7-10)21-8-22(9-21)14(23)11-3-1-2-4-12(11)15(24)25/h1-7H,8-9H2,(H,24,25). The zero-order valence-electron chi connectivity index (χ0n) is 12.7. The molecule has 0 unspecified atom stereocenters. The first-order chi connectivity index (χ1) is 11.8. The average Bonchev–Trinajstić information content (AvgIpc) is 2.53. The number of nitrogens with zero attached hydrogens (tertiary/aromatic N) is 3. The number of aromatic nitrogens is 1. The van der Waals surface area contributed by atoms with Crippen molar-refractivity contribution in [2.45, 2.75) is 6.18 Å². The summed E-state index contributed by atoms with van der Waals surface area (Å²) in [6.45, 7) is 0.232. The smallest absolute Gasteiger partial charge is 0.417 e. The van der Waals surface area contributed by atoms with Gasteiger partial charge in [-0.2, -0.15) is 13.2 Å². The molecule has 25 heavy (non-hydrogen) atoms. The molecule has 0 saturated carbocycles. The number of amides is 1. The van der Waals surface area contributed by atoms with Crippen LogP contribution in [0, 0.1) is 0 Å². The molecule has 1 aromatic heterocycles. The van der Waals surface area contributed by atoms with Gasteiger partial charge in [0.05, 0.1) is 30.0 Å². The van der Waals surface area contributed by atoms with E-state index in [2.05, 4.69) is 4.98 Å². The van der Waals surface area contributed by atoms with E-state index in [4.69, 9.17) is 5.11 Å². The summed E-state index contributed by atoms with van der Waals surface area (Å²) in [5.74, 6) is -1.35. The molecule has 130 valence electrons. The molecule has 0 spiro atoms. The van der Waals surface area contributed by atoms with Gasteiger partial charge in [0.2, 0.25) is 0 Å². The molecule has 1 aliphatic heterocycles. The van der Waals surface area contributed by atoms with Crippen LogP contribution in [0.2, 0.25) is 0 Å². The first kappa shape index (κ1) is 16.7. The van der Waals surface area contributed by atoms with Crippen LogP contribution in [0.15, 0.2) is 42.6 Å². The quantitative estimate of drug-likeness (QED) is 0.920. The van der Waals surface area contributed by atoms with Crippen LogP contribution in [0.3, 0.4) is 0 Å². The van der Waals surface area contributed by atoms with E-state index in [-0.39, 0.29) is 24.5 Å². The highest BCUT2D eigenvalue weighted by molar-refractivity contribution is 6.05. The largest absolute Gasteiger partial charge is 0.478 e. The van der Waals surface area contributed by atoms with Gasteiger partial charge in [0, 0.05) is 6.20 Å². The van der Waals surface area contributed by atoms with Crippen LogP contribution in [-0.4, -0.2) is 40.2 Å². The van der Waals surface area contributed by atoms with Crippen molar-refractivity contribution in [3.8, 4) is 0 Å². The van der Waals surface area contributed by atoms with Crippen LogP contribution in [0.25, 0.3) is 0 Å². The average molecular weight is 351 g/mol. The van der Waals surface area contributed by atoms with Crippen LogP contribution in [0.5, 0.6) is 0 Å². The first-order valence-corrected chi connectivity index (χ1v) is 7.17. The number of aromatic carboxylic acids is 1. The van der Waals surface area contributed by atoms with E-state index in [1.165, 1.54) is 29.2 Å². The van der Waals surface area contributed by atoms with Gasteiger partial charge in [0.15, 0.2) is 0 Å². The molecule has 1 amide bonds. The molecule has 0 atom stereocenters. The van der Waals surface area contributed by atoms with E-state index in [1.807, 2.05) is 0 Å². The van der Waals surface area contributed by atoms with Gasteiger partial charge in [0.1, 0.15) is 5.82 Å². The summed E-state index contributed by atoms with van der Waals surface area (Å²) >= 11 is 0. The highest BCUT2D eigenvalue weighted by Gasteiger charge is 2.34. The van der Waals surface area contributed by atoms with Gasteiger partial charge in [-0.3, -0.25) is 4.79 Å². The summed E-state index contributed by atoms with van der Waals surface area (Å²) in [6, 6.07) is 8.00. The normalized spacial score (nSPS) is 14.2. The Morgan fingerprint density at radius 1 is 1.04 bits per heavy atom. The number of benzene rings is 1. The molecule has 0 bridgehead atoms. The van der Waals surface area contributed by atoms with Crippen LogP contribution in [-0.2, 0) is 6.18 Å². The van der Waals surface area contributed by atoms with E-state index in [1.54, 1.807) is 11.0 Å². The Morgan fingerprint density at radius 3 is 2.20 bits per heavy atom. The van der Waals surface area contributed by atoms with Crippen molar-refractivity contribution in [2.75, 3.05) is 18.2 Å². The highest BCUT2D eigenvalue weighted by atomic mass is 19.4. The lowest BCUT2D eigenvalue weighted by Crippen LogP contribution is -2.58. The maximum atomic E-state index is 12.5. The van der Waals surface area contributed by atoms with Crippen LogP contribution >= 0.6 is 0 Å². The van der Waals surface area contributed by atoms with Crippen molar-refractivity contribution in [2.24, 2.45) is 0 Å². The number of carbonyl (C=O) groups excluding carboxylic acids is 1. The number of carboxylic acids is 1. The number of halogens is 3. The third-order valence-electron chi connectivity index (χ3n) is 3.76. The third kappa shape index (κ3) is 3.25. The van der Waals surface area contributed by atoms with E-state index in [9.17, 15) is 22.8 Å². The van der Waals surface area contributed by atoms with Crippen LogP contribution < -0.4 is 4.90 Å². The number of pyridine rings is 1. The number of anilines is 1. The lowest BCUT2D eigenvalue weighted by atomic mass is 10.1. The fourth-order valence-electron chi connectivity index (χ4n) is 2.41. The van der Waals surface area contributed by atoms with Crippen molar-refractivity contribution < 1.29 is 27.9 Å². The summed E-state index contributed by atoms with van der Waals surface area (Å²) < 4.78 is 37.6. The molecule has 9 heteroatoms. The number of carboxylic acid groups (broad SMARTS) is 1. The molecule has 1 fully saturated rings. The van der Waals surface area contributed by atoms with Gasteiger partial charge < -0.3 is 14.9 Å². The minimum absolute atomic E-state index is 0.0648. The Morgan fingerprint density at radius 2 is 1.68 bits per heavy atom. The molecule has 1 aromatic carbocycles. The van der Waals surface area contributed by atoms with Crippen molar-refractivity contribution in [3.63, 3.8) is 0 Å². The lowest BCUT2D eigenvalue weighted by Gasteiger charge is -2.43. The topological polar surface area (TPSA) is 73.7 Å². The van der Waals surface area contributed by atoms with E-state index in [0.717, 1.165) is 12.3 Å². The summed E-state index contributed by atoms with van der Waals surface area (Å²) in [6.07, 6.45) is -3.72. The fraction of sp³-hybridized carbons (Fsp3) is 0.188. The monoisotopic (exact) mass is 351 g/mol. The SMILES string of the molecule is O=C(O)c1ccccc1C(=O)N1CN(c2ccc(C(F)(F)F)cn2)C1. The van der Waals surface area contributed by atoms with E-state index >= 15 is 0 Å². The number of hydrogen-bond donors (Lipinski definition) is 1. The molecule has 0 radical (unpaired) electrons. The predicted molar refractivity (Wildman–Crippen MR) is 81.0 cm³/mol. The van der Waals surface area contributed by atoms with Crippen molar-refractivity contribution >= 4 is 17.7 Å². The highest BCUT2D eigenvalue weighted by Crippen LogP contribution is 2.30. The molecular formula is C16H12F3N3O3. The minimum atomic E-state index is -4.46. The number of carbonyl (C=O) groups is 2. The Bertz CT molecular complexity index is 815. The molecule has 6 nitrogen and oxygen atoms in total. The van der Waals surface area contributed by atoms with Crippen LogP contribution in [0.4, 0.5) is 19.0 Å². The second kappa shape index (κ2) is 6.08. The maximum Gasteiger partial charge on any atom is 0.417 e. The molecule has 2 aromatic rings. The van der Waals surface area contributed by atoms with Gasteiger partial charge in [-0.25, -0.2) is 9.78 Å². The summed E-state index contributed by atoms with van der Waals surface area (Å²) in [5, 5.41) is 9.13. The maximum absolute atomic E-state index is 12.5. The summed E-state index contributed by atoms with van der Waals surface area (Å²) in [5.41, 5.74) is -0.881. The van der Waals surface area contributed by atoms with Gasteiger partial charge in [-0.05, 0) is 24.3 Å². The second-order valence-electron chi connectivity index (χ2n) is 5.42. The Kier molecular flexibility index (Phi) is 4.07. The number of alkyl halides is 3. The number of rotatable bonds is 3. The Labute approximate surface area is 140 Å². The fourth-order valence-corrected chi connectivity index (χ4v) is 2.41. The van der Waals surface area contributed by atoms with E-state index < -0.39 is 23.6 Å². The second-order valence-corrected chi connectivity index (χ2v) is 5.42. The Balaban J connectivity index is 1.68. The number of hydrogen-bond acceptors (Lipinski definition) is 4. The predicted octanol–water partition coefficient (Wildman–Crippen LogP) is 2.68. The first-order valence-electron chi connectivity index (χ1n) is 7.17. The van der Waals surface area contributed by atoms with Gasteiger partial charge in [-0.15, -0.1) is 0 Å². The molecule has 0 aliphatic carbocycles. The van der Waals surface area contributed by atoms with Gasteiger partial charge >= 0.3 is 12.1 Å². The molecule has 1 N–H and O–H groups in total. The summed E-state index contributed by atoms with van der Waals surface area (Å²) in [4.78, 5) is 30.3. The third-order valence-corrected chi connectivity index (χ3v) is 3.76. The molecule has 1 saturated heterocycles. The van der Waals surface area contributed by atoms with Crippen molar-refractivity contribution in [3.05, 3.63) is 59.3 Å². The minimum Gasteiger partial charge on any atom is -0.478 e. The molecule has 3 rings (SSSR count). The molecular weight excluding hydrogens is 339 g/mol. The Hall–Kier alpha value is -3.10. The van der Waals surface area contributed by atoms with Gasteiger partial charge in [-0.1, -0.05) is 12.1 Å². The zero-order valence-corrected chi connectivity index (χ0v) is 12.7. The lowest BCUT2D eigenvalue weighted by molar-refractivity contribution is -0.137. The van der Waals surface area contributed by atoms with Crippen molar-refractivity contribution in [1.29, 1.82) is 0 Å².